The van der Waals surface area contributed by atoms with Gasteiger partial charge < -0.3 is 20.5 Å². The van der Waals surface area contributed by atoms with Crippen LogP contribution in [0.2, 0.25) is 0 Å². The number of carbonyl (C=O) groups excluding carboxylic acids is 2. The molecule has 0 bridgehead atoms. The highest BCUT2D eigenvalue weighted by atomic mass is 16.2. The molecule has 11 heteroatoms. The summed E-state index contributed by atoms with van der Waals surface area (Å²) in [6.07, 6.45) is 8.74. The van der Waals surface area contributed by atoms with Gasteiger partial charge in [-0.2, -0.15) is 5.10 Å². The number of amides is 1. The Balaban J connectivity index is 1.13. The second-order valence-electron chi connectivity index (χ2n) is 9.70. The van der Waals surface area contributed by atoms with E-state index in [0.717, 1.165) is 67.4 Å². The topological polar surface area (TPSA) is 139 Å². The Bertz CT molecular complexity index is 1400. The molecule has 5 rings (SSSR count). The molecule has 5 heterocycles. The molecule has 1 saturated heterocycles. The number of fused-ring (bicyclic) bond motifs is 2. The number of likely N-dealkylation sites (N-methyl/N-ethyl adjacent to an activating group) is 1. The van der Waals surface area contributed by atoms with Gasteiger partial charge in [0, 0.05) is 75.3 Å². The monoisotopic (exact) mass is 503 g/mol. The van der Waals surface area contributed by atoms with E-state index in [4.69, 9.17) is 10.8 Å². The molecule has 4 aromatic heterocycles. The molecule has 0 aliphatic carbocycles. The lowest BCUT2D eigenvalue weighted by atomic mass is 10.1. The quantitative estimate of drug-likeness (QED) is 0.315. The van der Waals surface area contributed by atoms with E-state index in [1.54, 1.807) is 6.20 Å². The highest BCUT2D eigenvalue weighted by molar-refractivity contribution is 5.99. The van der Waals surface area contributed by atoms with Gasteiger partial charge in [-0.05, 0) is 32.0 Å². The molecule has 1 fully saturated rings. The van der Waals surface area contributed by atoms with Crippen molar-refractivity contribution in [2.45, 2.75) is 45.1 Å². The summed E-state index contributed by atoms with van der Waals surface area (Å²) < 4.78 is 1.86. The van der Waals surface area contributed by atoms with E-state index in [0.29, 0.717) is 43.0 Å². The maximum Gasteiger partial charge on any atom is 0.223 e. The molecule has 194 valence electrons. The van der Waals surface area contributed by atoms with Gasteiger partial charge in [-0.25, -0.2) is 19.6 Å². The molecule has 1 amide bonds. The fourth-order valence-corrected chi connectivity index (χ4v) is 4.80. The highest BCUT2D eigenvalue weighted by Crippen LogP contribution is 2.31. The number of Topliss-reactive ketones (excluding diaryl/α,β-unsaturated/α-hetero) is 1. The first-order valence-electron chi connectivity index (χ1n) is 12.9. The Morgan fingerprint density at radius 3 is 2.70 bits per heavy atom. The van der Waals surface area contributed by atoms with Crippen LogP contribution in [0.25, 0.3) is 33.3 Å². The summed E-state index contributed by atoms with van der Waals surface area (Å²) in [6.45, 7) is 3.94. The Morgan fingerprint density at radius 2 is 1.86 bits per heavy atom. The Kier molecular flexibility index (Phi) is 7.40. The molecule has 0 atom stereocenters. The number of rotatable bonds is 10. The van der Waals surface area contributed by atoms with E-state index in [9.17, 15) is 9.59 Å². The molecule has 0 radical (unpaired) electrons. The molecule has 3 N–H and O–H groups in total. The van der Waals surface area contributed by atoms with Crippen molar-refractivity contribution in [2.75, 3.05) is 39.0 Å². The number of hydrogen-bond acceptors (Lipinski definition) is 8. The second-order valence-corrected chi connectivity index (χ2v) is 9.70. The average Bonchev–Trinajstić information content (AvgIpc) is 3.52. The number of ketones is 1. The van der Waals surface area contributed by atoms with Gasteiger partial charge in [0.25, 0.3) is 0 Å². The van der Waals surface area contributed by atoms with Crippen molar-refractivity contribution in [1.29, 1.82) is 0 Å². The van der Waals surface area contributed by atoms with E-state index in [1.807, 2.05) is 27.9 Å². The van der Waals surface area contributed by atoms with Crippen LogP contribution in [0.1, 0.15) is 38.5 Å². The van der Waals surface area contributed by atoms with Gasteiger partial charge in [-0.3, -0.25) is 9.59 Å². The summed E-state index contributed by atoms with van der Waals surface area (Å²) in [5, 5.41) is 6.53. The van der Waals surface area contributed by atoms with Crippen LogP contribution in [0.4, 0.5) is 5.82 Å². The summed E-state index contributed by atoms with van der Waals surface area (Å²) in [5.74, 6) is 0.634. The lowest BCUT2D eigenvalue weighted by Crippen LogP contribution is -2.47. The zero-order valence-electron chi connectivity index (χ0n) is 21.2. The van der Waals surface area contributed by atoms with E-state index < -0.39 is 0 Å². The predicted molar refractivity (Wildman–Crippen MR) is 142 cm³/mol. The fraction of sp³-hybridized carbons (Fsp3) is 0.462. The number of carbonyl (C=O) groups is 2. The summed E-state index contributed by atoms with van der Waals surface area (Å²) in [4.78, 5) is 44.9. The van der Waals surface area contributed by atoms with Crippen LogP contribution in [-0.2, 0) is 16.1 Å². The molecule has 1 aliphatic rings. The number of nitrogens with zero attached hydrogens (tertiary/aromatic N) is 7. The molecular formula is C26H33N9O2. The number of hydrogen-bond donors (Lipinski definition) is 2. The largest absolute Gasteiger partial charge is 0.383 e. The number of H-pyrrole nitrogens is 1. The zero-order valence-corrected chi connectivity index (χ0v) is 21.2. The molecule has 37 heavy (non-hydrogen) atoms. The number of aromatic nitrogens is 6. The Labute approximate surface area is 215 Å². The first-order valence-corrected chi connectivity index (χ1v) is 12.9. The number of aromatic amines is 1. The number of pyridine rings is 1. The van der Waals surface area contributed by atoms with Gasteiger partial charge in [0.2, 0.25) is 5.91 Å². The molecule has 0 spiro atoms. The Hall–Kier alpha value is -3.86. The van der Waals surface area contributed by atoms with Gasteiger partial charge in [0.05, 0.1) is 5.39 Å². The minimum atomic E-state index is 0.0925. The van der Waals surface area contributed by atoms with Crippen molar-refractivity contribution in [1.82, 2.24) is 39.5 Å². The van der Waals surface area contributed by atoms with Crippen LogP contribution in [0.5, 0.6) is 0 Å². The Morgan fingerprint density at radius 1 is 1.03 bits per heavy atom. The summed E-state index contributed by atoms with van der Waals surface area (Å²) in [5.41, 5.74) is 9.29. The molecule has 0 saturated carbocycles. The van der Waals surface area contributed by atoms with Gasteiger partial charge in [-0.15, -0.1) is 0 Å². The third-order valence-corrected chi connectivity index (χ3v) is 7.03. The number of aryl methyl sites for hydroxylation is 1. The van der Waals surface area contributed by atoms with Crippen LogP contribution in [0.15, 0.2) is 30.9 Å². The maximum absolute atomic E-state index is 12.3. The van der Waals surface area contributed by atoms with Crippen LogP contribution >= 0.6 is 0 Å². The van der Waals surface area contributed by atoms with E-state index >= 15 is 0 Å². The number of anilines is 1. The number of nitrogens with one attached hydrogen (secondary N) is 1. The highest BCUT2D eigenvalue weighted by Gasteiger charge is 2.20. The third kappa shape index (κ3) is 5.61. The number of nitrogen functional groups attached to an aromatic ring is 1. The lowest BCUT2D eigenvalue weighted by molar-refractivity contribution is -0.134. The number of unbranched alkanes of at least 4 members (excludes halogenated alkanes) is 2. The van der Waals surface area contributed by atoms with Crippen LogP contribution < -0.4 is 5.73 Å². The summed E-state index contributed by atoms with van der Waals surface area (Å²) >= 11 is 0. The van der Waals surface area contributed by atoms with E-state index in [-0.39, 0.29) is 11.7 Å². The summed E-state index contributed by atoms with van der Waals surface area (Å²) in [6, 6.07) is 3.99. The van der Waals surface area contributed by atoms with Crippen LogP contribution in [-0.4, -0.2) is 84.4 Å². The summed E-state index contributed by atoms with van der Waals surface area (Å²) in [7, 11) is 2.06. The zero-order chi connectivity index (χ0) is 25.8. The van der Waals surface area contributed by atoms with Gasteiger partial charge in [0.1, 0.15) is 29.3 Å². The minimum absolute atomic E-state index is 0.0925. The second kappa shape index (κ2) is 11.0. The minimum Gasteiger partial charge on any atom is -0.383 e. The van der Waals surface area contributed by atoms with Crippen molar-refractivity contribution in [3.63, 3.8) is 0 Å². The van der Waals surface area contributed by atoms with Crippen molar-refractivity contribution in [3.8, 4) is 11.3 Å². The number of piperazine rings is 1. The standard InChI is InChI=1S/C26H33N9O2/c1-33-11-13-34(14-12-33)21(37)7-6-20(36)5-3-2-4-10-35-26-22(24(27)30-17-31-26)23(32-35)19-15-18-8-9-28-25(18)29-16-19/h8-9,15-17H,2-7,10-14H2,1H3,(H,28,29)(H2,27,30,31). The SMILES string of the molecule is CN1CCN(C(=O)CCC(=O)CCCCCn2nc(-c3cnc4[nH]ccc4c3)c3c(N)ncnc32)CC1. The molecule has 4 aromatic rings. The lowest BCUT2D eigenvalue weighted by Gasteiger charge is -2.32. The van der Waals surface area contributed by atoms with E-state index in [1.165, 1.54) is 6.33 Å². The van der Waals surface area contributed by atoms with Crippen LogP contribution in [0.3, 0.4) is 0 Å². The van der Waals surface area contributed by atoms with E-state index in [2.05, 4.69) is 31.9 Å². The maximum atomic E-state index is 12.3. The molecular weight excluding hydrogens is 470 g/mol. The van der Waals surface area contributed by atoms with Crippen molar-refractivity contribution in [2.24, 2.45) is 0 Å². The normalized spacial score (nSPS) is 14.6. The molecule has 1 aliphatic heterocycles. The van der Waals surface area contributed by atoms with Crippen molar-refractivity contribution >= 4 is 39.6 Å². The van der Waals surface area contributed by atoms with Gasteiger partial charge >= 0.3 is 0 Å². The van der Waals surface area contributed by atoms with Crippen molar-refractivity contribution in [3.05, 3.63) is 30.9 Å². The first-order chi connectivity index (χ1) is 18.0. The smallest absolute Gasteiger partial charge is 0.223 e. The fourth-order valence-electron chi connectivity index (χ4n) is 4.80. The van der Waals surface area contributed by atoms with Crippen molar-refractivity contribution < 1.29 is 9.59 Å². The third-order valence-electron chi connectivity index (χ3n) is 7.03. The molecule has 11 nitrogen and oxygen atoms in total. The average molecular weight is 504 g/mol. The first kappa shape index (κ1) is 24.8. The molecule has 0 aromatic carbocycles. The van der Waals surface area contributed by atoms with Gasteiger partial charge in [-0.1, -0.05) is 6.42 Å². The number of nitrogens with two attached hydrogens (primary N) is 1. The van der Waals surface area contributed by atoms with Crippen LogP contribution in [0, 0.1) is 0 Å². The predicted octanol–water partition coefficient (Wildman–Crippen LogP) is 2.64. The molecule has 0 unspecified atom stereocenters. The van der Waals surface area contributed by atoms with Gasteiger partial charge in [0.15, 0.2) is 5.65 Å².